The molecule has 6 nitrogen and oxygen atoms in total. The van der Waals surface area contributed by atoms with Crippen LogP contribution in [0.2, 0.25) is 0 Å². The predicted octanol–water partition coefficient (Wildman–Crippen LogP) is 2.96. The predicted molar refractivity (Wildman–Crippen MR) is 116 cm³/mol. The molecule has 1 N–H and O–H groups in total. The molecule has 1 fully saturated rings. The molecule has 1 atom stereocenters. The summed E-state index contributed by atoms with van der Waals surface area (Å²) in [4.78, 5) is 26.2. The van der Waals surface area contributed by atoms with E-state index in [2.05, 4.69) is 17.4 Å². The summed E-state index contributed by atoms with van der Waals surface area (Å²) in [6.45, 7) is 3.38. The van der Waals surface area contributed by atoms with Crippen molar-refractivity contribution in [2.45, 2.75) is 19.5 Å². The molecule has 1 aliphatic rings. The number of amides is 2. The number of aromatic nitrogens is 2. The van der Waals surface area contributed by atoms with Crippen LogP contribution in [0, 0.1) is 0 Å². The molecule has 2 heterocycles. The topological polar surface area (TPSA) is 67.2 Å². The van der Waals surface area contributed by atoms with Gasteiger partial charge in [-0.15, -0.1) is 0 Å². The monoisotopic (exact) mass is 400 g/mol. The summed E-state index contributed by atoms with van der Waals surface area (Å²) in [6.07, 6.45) is 5.27. The number of rotatable bonds is 5. The van der Waals surface area contributed by atoms with Crippen molar-refractivity contribution in [1.29, 1.82) is 0 Å². The third-order valence-corrected chi connectivity index (χ3v) is 5.21. The molecule has 6 heteroatoms. The molecule has 1 saturated heterocycles. The fourth-order valence-electron chi connectivity index (χ4n) is 3.57. The van der Waals surface area contributed by atoms with Crippen LogP contribution in [-0.4, -0.2) is 45.6 Å². The van der Waals surface area contributed by atoms with Gasteiger partial charge in [-0.05, 0) is 18.6 Å². The van der Waals surface area contributed by atoms with Crippen molar-refractivity contribution in [2.24, 2.45) is 0 Å². The SMILES string of the molecule is CC1C(=O)NCCN1C(=O)C=Cc1cn(Cc2ccccc2)nc1-c1ccccc1. The van der Waals surface area contributed by atoms with Gasteiger partial charge in [0, 0.05) is 36.5 Å². The van der Waals surface area contributed by atoms with E-state index in [9.17, 15) is 9.59 Å². The molecular formula is C24H24N4O2. The number of hydrogen-bond donors (Lipinski definition) is 1. The molecule has 3 aromatic rings. The average molecular weight is 400 g/mol. The number of carbonyl (C=O) groups excluding carboxylic acids is 2. The van der Waals surface area contributed by atoms with Crippen LogP contribution >= 0.6 is 0 Å². The Morgan fingerprint density at radius 3 is 2.57 bits per heavy atom. The van der Waals surface area contributed by atoms with Gasteiger partial charge in [0.1, 0.15) is 6.04 Å². The highest BCUT2D eigenvalue weighted by Crippen LogP contribution is 2.23. The van der Waals surface area contributed by atoms with Crippen LogP contribution in [0.25, 0.3) is 17.3 Å². The van der Waals surface area contributed by atoms with Gasteiger partial charge in [0.2, 0.25) is 11.8 Å². The number of carbonyl (C=O) groups is 2. The summed E-state index contributed by atoms with van der Waals surface area (Å²) in [7, 11) is 0. The molecule has 2 amide bonds. The zero-order valence-corrected chi connectivity index (χ0v) is 16.9. The molecule has 1 aromatic heterocycles. The standard InChI is InChI=1S/C24H24N4O2/c1-18-24(30)25-14-15-28(18)22(29)13-12-21-17-27(16-19-8-4-2-5-9-19)26-23(21)20-10-6-3-7-11-20/h2-13,17-18H,14-16H2,1H3,(H,25,30). The first-order valence-electron chi connectivity index (χ1n) is 10.0. The Bertz CT molecular complexity index is 1060. The Morgan fingerprint density at radius 2 is 1.83 bits per heavy atom. The van der Waals surface area contributed by atoms with E-state index >= 15 is 0 Å². The van der Waals surface area contributed by atoms with Crippen molar-refractivity contribution >= 4 is 17.9 Å². The van der Waals surface area contributed by atoms with Crippen LogP contribution < -0.4 is 5.32 Å². The van der Waals surface area contributed by atoms with Gasteiger partial charge in [-0.3, -0.25) is 14.3 Å². The van der Waals surface area contributed by atoms with E-state index in [4.69, 9.17) is 5.10 Å². The molecular weight excluding hydrogens is 376 g/mol. The lowest BCUT2D eigenvalue weighted by atomic mass is 10.1. The molecule has 1 aliphatic heterocycles. The highest BCUT2D eigenvalue weighted by Gasteiger charge is 2.27. The summed E-state index contributed by atoms with van der Waals surface area (Å²) < 4.78 is 1.89. The fraction of sp³-hybridized carbons (Fsp3) is 0.208. The number of hydrogen-bond acceptors (Lipinski definition) is 3. The van der Waals surface area contributed by atoms with Gasteiger partial charge < -0.3 is 10.2 Å². The van der Waals surface area contributed by atoms with E-state index in [0.29, 0.717) is 19.6 Å². The van der Waals surface area contributed by atoms with E-state index < -0.39 is 6.04 Å². The van der Waals surface area contributed by atoms with E-state index in [1.807, 2.05) is 59.4 Å². The summed E-state index contributed by atoms with van der Waals surface area (Å²) >= 11 is 0. The number of benzene rings is 2. The minimum Gasteiger partial charge on any atom is -0.353 e. The zero-order valence-electron chi connectivity index (χ0n) is 16.9. The maximum absolute atomic E-state index is 12.7. The van der Waals surface area contributed by atoms with Crippen LogP contribution in [0.5, 0.6) is 0 Å². The van der Waals surface area contributed by atoms with Gasteiger partial charge in [0.05, 0.1) is 12.2 Å². The summed E-state index contributed by atoms with van der Waals surface area (Å²) in [5.74, 6) is -0.296. The zero-order chi connectivity index (χ0) is 20.9. The molecule has 0 radical (unpaired) electrons. The maximum Gasteiger partial charge on any atom is 0.247 e. The third kappa shape index (κ3) is 4.33. The Balaban J connectivity index is 1.61. The fourth-order valence-corrected chi connectivity index (χ4v) is 3.57. The first-order chi connectivity index (χ1) is 14.6. The minimum atomic E-state index is -0.467. The van der Waals surface area contributed by atoms with Crippen molar-refractivity contribution in [3.63, 3.8) is 0 Å². The van der Waals surface area contributed by atoms with Gasteiger partial charge in [0.15, 0.2) is 0 Å². The highest BCUT2D eigenvalue weighted by molar-refractivity contribution is 5.96. The van der Waals surface area contributed by atoms with Crippen molar-refractivity contribution in [3.05, 3.63) is 84.1 Å². The second-order valence-electron chi connectivity index (χ2n) is 7.31. The van der Waals surface area contributed by atoms with E-state index in [1.54, 1.807) is 17.9 Å². The smallest absolute Gasteiger partial charge is 0.247 e. The number of piperazine rings is 1. The summed E-state index contributed by atoms with van der Waals surface area (Å²) in [5.41, 5.74) is 3.82. The largest absolute Gasteiger partial charge is 0.353 e. The lowest BCUT2D eigenvalue weighted by Crippen LogP contribution is -2.55. The molecule has 4 rings (SSSR count). The van der Waals surface area contributed by atoms with Crippen LogP contribution in [0.4, 0.5) is 0 Å². The van der Waals surface area contributed by atoms with E-state index in [1.165, 1.54) is 6.08 Å². The van der Waals surface area contributed by atoms with Gasteiger partial charge >= 0.3 is 0 Å². The molecule has 1 unspecified atom stereocenters. The van der Waals surface area contributed by atoms with Crippen LogP contribution in [0.15, 0.2) is 72.9 Å². The average Bonchev–Trinajstić information content (AvgIpc) is 3.18. The third-order valence-electron chi connectivity index (χ3n) is 5.21. The summed E-state index contributed by atoms with van der Waals surface area (Å²) in [5, 5.41) is 7.55. The van der Waals surface area contributed by atoms with Crippen molar-refractivity contribution in [3.8, 4) is 11.3 Å². The van der Waals surface area contributed by atoms with E-state index in [0.717, 1.165) is 22.4 Å². The summed E-state index contributed by atoms with van der Waals surface area (Å²) in [6, 6.07) is 19.6. The molecule has 30 heavy (non-hydrogen) atoms. The first-order valence-corrected chi connectivity index (χ1v) is 10.0. The van der Waals surface area contributed by atoms with Crippen LogP contribution in [-0.2, 0) is 16.1 Å². The highest BCUT2D eigenvalue weighted by atomic mass is 16.2. The van der Waals surface area contributed by atoms with Gasteiger partial charge in [-0.25, -0.2) is 0 Å². The first kappa shape index (κ1) is 19.6. The van der Waals surface area contributed by atoms with Crippen LogP contribution in [0.1, 0.15) is 18.1 Å². The van der Waals surface area contributed by atoms with Crippen LogP contribution in [0.3, 0.4) is 0 Å². The van der Waals surface area contributed by atoms with Crippen molar-refractivity contribution in [2.75, 3.05) is 13.1 Å². The molecule has 0 aliphatic carbocycles. The molecule has 0 spiro atoms. The molecule has 152 valence electrons. The Hall–Kier alpha value is -3.67. The van der Waals surface area contributed by atoms with Crippen molar-refractivity contribution < 1.29 is 9.59 Å². The lowest BCUT2D eigenvalue weighted by molar-refractivity contribution is -0.139. The lowest BCUT2D eigenvalue weighted by Gasteiger charge is -2.31. The second kappa shape index (κ2) is 8.78. The van der Waals surface area contributed by atoms with E-state index in [-0.39, 0.29) is 11.8 Å². The Kier molecular flexibility index (Phi) is 5.75. The quantitative estimate of drug-likeness (QED) is 0.670. The Morgan fingerprint density at radius 1 is 1.13 bits per heavy atom. The van der Waals surface area contributed by atoms with Gasteiger partial charge in [0.25, 0.3) is 0 Å². The Labute approximate surface area is 175 Å². The van der Waals surface area contributed by atoms with Gasteiger partial charge in [-0.1, -0.05) is 60.7 Å². The second-order valence-corrected chi connectivity index (χ2v) is 7.31. The molecule has 0 saturated carbocycles. The number of nitrogens with zero attached hydrogens (tertiary/aromatic N) is 3. The minimum absolute atomic E-state index is 0.122. The molecule has 0 bridgehead atoms. The molecule has 2 aromatic carbocycles. The van der Waals surface area contributed by atoms with Crippen molar-refractivity contribution in [1.82, 2.24) is 20.0 Å². The maximum atomic E-state index is 12.7. The normalized spacial score (nSPS) is 16.6. The number of nitrogens with one attached hydrogen (secondary N) is 1. The van der Waals surface area contributed by atoms with Gasteiger partial charge in [-0.2, -0.15) is 5.10 Å².